The molecule has 0 bridgehead atoms. The topological polar surface area (TPSA) is 0 Å². The molecule has 0 rings (SSSR count). The first-order valence-corrected chi connectivity index (χ1v) is 24.4. The third kappa shape index (κ3) is 9.24. The molecule has 6 heteroatoms. The first-order valence-electron chi connectivity index (χ1n) is 7.12. The quantitative estimate of drug-likeness (QED) is 0.602. The Labute approximate surface area is 126 Å². The van der Waals surface area contributed by atoms with Gasteiger partial charge in [0, 0.05) is 50.1 Å². The molecule has 105 valence electrons. The molecule has 0 unspecified atom stereocenters. The average molecular weight is 346 g/mol. The second-order valence-electron chi connectivity index (χ2n) is 9.62. The first kappa shape index (κ1) is 19.3. The summed E-state index contributed by atoms with van der Waals surface area (Å²) in [5.41, 5.74) is 4.95. The molecule has 0 aromatic rings. The zero-order chi connectivity index (χ0) is 14.8. The van der Waals surface area contributed by atoms with Gasteiger partial charge in [0.1, 0.15) is 0 Å². The second kappa shape index (κ2) is 6.38. The Morgan fingerprint density at radius 3 is 0.944 bits per heavy atom. The molecule has 0 spiro atoms. The summed E-state index contributed by atoms with van der Waals surface area (Å²) in [6, 6.07) is 0. The monoisotopic (exact) mass is 345 g/mol. The third-order valence-electron chi connectivity index (χ3n) is 2.87. The van der Waals surface area contributed by atoms with Crippen molar-refractivity contribution >= 4 is 50.1 Å². The maximum Gasteiger partial charge on any atom is 0.0414 e. The van der Waals surface area contributed by atoms with Crippen molar-refractivity contribution in [3.05, 3.63) is 0 Å². The van der Waals surface area contributed by atoms with Crippen LogP contribution in [0.15, 0.2) is 0 Å². The predicted octanol–water partition coefficient (Wildman–Crippen LogP) is 4.35. The lowest BCUT2D eigenvalue weighted by Gasteiger charge is -2.43. The normalized spacial score (nSPS) is 15.0. The van der Waals surface area contributed by atoms with Gasteiger partial charge >= 0.3 is 0 Å². The summed E-state index contributed by atoms with van der Waals surface area (Å²) < 4.78 is 0. The Kier molecular flexibility index (Phi) is 6.84. The van der Waals surface area contributed by atoms with E-state index in [1.54, 1.807) is 17.0 Å². The van der Waals surface area contributed by atoms with E-state index >= 15 is 0 Å². The summed E-state index contributed by atoms with van der Waals surface area (Å²) in [6.45, 7) is 23.2. The molecular weight excluding hydrogens is 313 g/mol. The van der Waals surface area contributed by atoms with Crippen molar-refractivity contribution in [1.82, 2.24) is 0 Å². The largest absolute Gasteiger partial charge is 0.0698 e. The molecule has 0 amide bonds. The van der Waals surface area contributed by atoms with Gasteiger partial charge in [-0.2, -0.15) is 0 Å². The molecule has 0 aromatic heterocycles. The van der Waals surface area contributed by atoms with E-state index in [0.717, 1.165) is 8.55 Å². The minimum atomic E-state index is -1.05. The Morgan fingerprint density at radius 2 is 0.833 bits per heavy atom. The summed E-state index contributed by atoms with van der Waals surface area (Å²) in [5, 5.41) is 0. The second-order valence-corrected chi connectivity index (χ2v) is 38.2. The minimum absolute atomic E-state index is 0.931. The molecule has 0 fully saturated rings. The number of hydrogen-bond acceptors (Lipinski definition) is 0. The van der Waals surface area contributed by atoms with E-state index in [2.05, 4.69) is 68.7 Å². The highest BCUT2D eigenvalue weighted by Crippen LogP contribution is 2.33. The van der Waals surface area contributed by atoms with E-state index in [1.165, 1.54) is 0 Å². The van der Waals surface area contributed by atoms with Crippen LogP contribution in [0.3, 0.4) is 0 Å². The van der Waals surface area contributed by atoms with E-state index in [9.17, 15) is 0 Å². The van der Waals surface area contributed by atoms with Gasteiger partial charge in [-0.25, -0.2) is 0 Å². The van der Waals surface area contributed by atoms with Crippen LogP contribution in [0, 0.1) is 0 Å². The highest BCUT2D eigenvalue weighted by molar-refractivity contribution is 7.45. The van der Waals surface area contributed by atoms with Gasteiger partial charge in [-0.1, -0.05) is 75.9 Å². The summed E-state index contributed by atoms with van der Waals surface area (Å²) in [7, 11) is 1.29. The zero-order valence-corrected chi connectivity index (χ0v) is 20.1. The lowest BCUT2D eigenvalue weighted by atomic mass is 11.7. The van der Waals surface area contributed by atoms with Gasteiger partial charge in [0.15, 0.2) is 0 Å². The number of hydrogen-bond donors (Lipinski definition) is 0. The molecule has 18 heavy (non-hydrogen) atoms. The first-order chi connectivity index (χ1) is 7.68. The van der Waals surface area contributed by atoms with E-state index in [-0.39, 0.29) is 0 Å². The van der Waals surface area contributed by atoms with Crippen molar-refractivity contribution in [2.75, 3.05) is 0 Å². The lowest BCUT2D eigenvalue weighted by molar-refractivity contribution is 1.44. The Hall–Kier alpha value is 1.30. The van der Waals surface area contributed by atoms with Gasteiger partial charge in [0.05, 0.1) is 0 Å². The van der Waals surface area contributed by atoms with Crippen LogP contribution in [0.2, 0.25) is 75.9 Å². The summed E-state index contributed by atoms with van der Waals surface area (Å²) >= 11 is 0. The van der Waals surface area contributed by atoms with Gasteiger partial charge in [-0.3, -0.25) is 0 Å². The average Bonchev–Trinajstić information content (AvgIpc) is 1.93. The predicted molar refractivity (Wildman–Crippen MR) is 102 cm³/mol. The maximum atomic E-state index is 4.04. The summed E-state index contributed by atoms with van der Waals surface area (Å²) in [4.78, 5) is 0. The molecule has 0 heterocycles. The SMILES string of the molecule is C[Si](C)(C)C[Si](C[Si](C)(C)C)(C[Si](C)(C)C)[Si][Si]. The molecule has 0 N–H and O–H groups in total. The highest BCUT2D eigenvalue weighted by Gasteiger charge is 2.42. The minimum Gasteiger partial charge on any atom is -0.0698 e. The summed E-state index contributed by atoms with van der Waals surface area (Å²) in [6.07, 6.45) is 0. The zero-order valence-electron chi connectivity index (χ0n) is 14.1. The maximum absolute atomic E-state index is 4.04. The van der Waals surface area contributed by atoms with Gasteiger partial charge in [0.25, 0.3) is 0 Å². The number of rotatable bonds is 7. The van der Waals surface area contributed by atoms with Gasteiger partial charge in [0.2, 0.25) is 0 Å². The van der Waals surface area contributed by atoms with Crippen LogP contribution < -0.4 is 0 Å². The van der Waals surface area contributed by atoms with Crippen LogP contribution in [-0.2, 0) is 0 Å². The van der Waals surface area contributed by atoms with Gasteiger partial charge < -0.3 is 0 Å². The van der Waals surface area contributed by atoms with Crippen molar-refractivity contribution in [2.24, 2.45) is 0 Å². The molecular formula is C12H33Si6. The van der Waals surface area contributed by atoms with Crippen molar-refractivity contribution in [1.29, 1.82) is 0 Å². The molecule has 5 radical (unpaired) electrons. The fourth-order valence-corrected chi connectivity index (χ4v) is 57.5. The molecule has 0 aliphatic heterocycles. The standard InChI is InChI=1S/C12H33Si6/c1-15(2,3)10-18(14-13,11-16(4,5)6)12-17(7,8)9/h10-12H2,1-9H3. The Balaban J connectivity index is 5.20. The van der Waals surface area contributed by atoms with Gasteiger partial charge in [-0.15, -0.1) is 0 Å². The molecule has 0 nitrogen and oxygen atoms in total. The summed E-state index contributed by atoms with van der Waals surface area (Å²) in [5.74, 6) is 0. The third-order valence-corrected chi connectivity index (χ3v) is 35.4. The smallest absolute Gasteiger partial charge is 0.0414 e. The molecule has 0 aliphatic rings. The Morgan fingerprint density at radius 1 is 0.611 bits per heavy atom. The van der Waals surface area contributed by atoms with Crippen LogP contribution >= 0.6 is 0 Å². The Bertz CT molecular complexity index is 214. The van der Waals surface area contributed by atoms with E-state index < -0.39 is 31.8 Å². The van der Waals surface area contributed by atoms with E-state index in [0.29, 0.717) is 0 Å². The van der Waals surface area contributed by atoms with E-state index in [1.807, 2.05) is 0 Å². The fraction of sp³-hybridized carbons (Fsp3) is 1.00. The van der Waals surface area contributed by atoms with E-state index in [4.69, 9.17) is 0 Å². The highest BCUT2D eigenvalue weighted by atomic mass is 29.5. The van der Waals surface area contributed by atoms with Crippen molar-refractivity contribution in [2.45, 2.75) is 75.9 Å². The van der Waals surface area contributed by atoms with Crippen molar-refractivity contribution in [3.63, 3.8) is 0 Å². The van der Waals surface area contributed by atoms with Crippen LogP contribution in [0.5, 0.6) is 0 Å². The van der Waals surface area contributed by atoms with Crippen molar-refractivity contribution < 1.29 is 0 Å². The van der Waals surface area contributed by atoms with Gasteiger partial charge in [-0.05, 0) is 0 Å². The lowest BCUT2D eigenvalue weighted by Crippen LogP contribution is -2.56. The van der Waals surface area contributed by atoms with Crippen LogP contribution in [0.25, 0.3) is 0 Å². The molecule has 0 atom stereocenters. The molecule has 0 aliphatic carbocycles. The fourth-order valence-electron chi connectivity index (χ4n) is 3.37. The van der Waals surface area contributed by atoms with Crippen LogP contribution in [-0.4, -0.2) is 50.1 Å². The van der Waals surface area contributed by atoms with Crippen LogP contribution in [0.4, 0.5) is 0 Å². The molecule has 0 aromatic carbocycles. The molecule has 0 saturated heterocycles. The van der Waals surface area contributed by atoms with Crippen LogP contribution in [0.1, 0.15) is 0 Å². The van der Waals surface area contributed by atoms with Crippen molar-refractivity contribution in [3.8, 4) is 0 Å². The molecule has 0 saturated carbocycles.